The van der Waals surface area contributed by atoms with Gasteiger partial charge in [-0.05, 0) is 37.0 Å². The maximum absolute atomic E-state index is 7.70. The van der Waals surface area contributed by atoms with E-state index in [0.29, 0.717) is 17.0 Å². The van der Waals surface area contributed by atoms with Crippen LogP contribution in [0.4, 0.5) is 5.69 Å². The summed E-state index contributed by atoms with van der Waals surface area (Å²) in [4.78, 5) is 2.37. The number of nitrogens with zero attached hydrogens (tertiary/aromatic N) is 1. The third-order valence-electron chi connectivity index (χ3n) is 3.63. The summed E-state index contributed by atoms with van der Waals surface area (Å²) < 4.78 is 0. The van der Waals surface area contributed by atoms with Crippen LogP contribution in [0.5, 0.6) is 0 Å². The summed E-state index contributed by atoms with van der Waals surface area (Å²) in [6.45, 7) is 5.52. The van der Waals surface area contributed by atoms with Crippen LogP contribution in [0.3, 0.4) is 0 Å². The molecule has 1 aliphatic heterocycles. The molecule has 1 aromatic carbocycles. The second-order valence-corrected chi connectivity index (χ2v) is 5.66. The Hall–Kier alpha value is -1.22. The van der Waals surface area contributed by atoms with Crippen molar-refractivity contribution < 1.29 is 0 Å². The lowest BCUT2D eigenvalue weighted by Crippen LogP contribution is -2.34. The first-order valence-corrected chi connectivity index (χ1v) is 6.79. The number of amidine groups is 1. The minimum absolute atomic E-state index is 0.0851. The number of nitrogens with two attached hydrogens (primary N) is 1. The molecule has 1 aliphatic rings. The number of halogens is 1. The monoisotopic (exact) mass is 265 g/mol. The van der Waals surface area contributed by atoms with Crippen molar-refractivity contribution in [3.63, 3.8) is 0 Å². The Balaban J connectivity index is 2.41. The zero-order chi connectivity index (χ0) is 13.3. The van der Waals surface area contributed by atoms with E-state index < -0.39 is 0 Å². The van der Waals surface area contributed by atoms with Crippen LogP contribution in [0.25, 0.3) is 0 Å². The Kier molecular flexibility index (Phi) is 3.81. The minimum atomic E-state index is 0.0851. The zero-order valence-corrected chi connectivity index (χ0v) is 11.7. The molecule has 98 valence electrons. The van der Waals surface area contributed by atoms with Crippen molar-refractivity contribution in [1.29, 1.82) is 5.41 Å². The van der Waals surface area contributed by atoms with Gasteiger partial charge in [-0.3, -0.25) is 5.41 Å². The van der Waals surface area contributed by atoms with Gasteiger partial charge in [0.15, 0.2) is 0 Å². The van der Waals surface area contributed by atoms with Gasteiger partial charge in [0.1, 0.15) is 5.84 Å². The van der Waals surface area contributed by atoms with Crippen LogP contribution in [0.15, 0.2) is 18.2 Å². The topological polar surface area (TPSA) is 53.1 Å². The summed E-state index contributed by atoms with van der Waals surface area (Å²) in [6.07, 6.45) is 2.40. The second-order valence-electron chi connectivity index (χ2n) is 5.22. The molecule has 1 atom stereocenters. The van der Waals surface area contributed by atoms with Crippen LogP contribution >= 0.6 is 11.6 Å². The number of anilines is 1. The van der Waals surface area contributed by atoms with Crippen LogP contribution in [0, 0.1) is 11.3 Å². The lowest BCUT2D eigenvalue weighted by atomic mass is 10.0. The van der Waals surface area contributed by atoms with E-state index in [2.05, 4.69) is 18.7 Å². The van der Waals surface area contributed by atoms with Crippen molar-refractivity contribution >= 4 is 23.1 Å². The molecule has 0 bridgehead atoms. The third-order valence-corrected chi connectivity index (χ3v) is 3.86. The minimum Gasteiger partial charge on any atom is -0.384 e. The maximum atomic E-state index is 7.70. The number of nitrogens with one attached hydrogen (secondary N) is 1. The average Bonchev–Trinajstić information content (AvgIpc) is 2.77. The third kappa shape index (κ3) is 2.46. The van der Waals surface area contributed by atoms with E-state index in [1.165, 1.54) is 12.8 Å². The molecule has 3 nitrogen and oxygen atoms in total. The first kappa shape index (κ1) is 13.2. The van der Waals surface area contributed by atoms with Gasteiger partial charge >= 0.3 is 0 Å². The normalized spacial score (nSPS) is 19.6. The SMILES string of the molecule is CC(C)C1CCCN1c1ccc(Cl)cc1C(=N)N. The predicted octanol–water partition coefficient (Wildman–Crippen LogP) is 3.25. The molecule has 1 aromatic rings. The molecule has 0 saturated carbocycles. The molecule has 0 aromatic heterocycles. The maximum Gasteiger partial charge on any atom is 0.124 e. The molecule has 2 rings (SSSR count). The van der Waals surface area contributed by atoms with Crippen molar-refractivity contribution in [3.05, 3.63) is 28.8 Å². The Morgan fingerprint density at radius 3 is 2.83 bits per heavy atom. The van der Waals surface area contributed by atoms with Crippen molar-refractivity contribution in [2.75, 3.05) is 11.4 Å². The first-order valence-electron chi connectivity index (χ1n) is 6.41. The largest absolute Gasteiger partial charge is 0.384 e. The summed E-state index contributed by atoms with van der Waals surface area (Å²) in [7, 11) is 0. The van der Waals surface area contributed by atoms with Gasteiger partial charge in [-0.1, -0.05) is 25.4 Å². The van der Waals surface area contributed by atoms with E-state index in [1.54, 1.807) is 6.07 Å². The highest BCUT2D eigenvalue weighted by Crippen LogP contribution is 2.33. The van der Waals surface area contributed by atoms with Gasteiger partial charge in [-0.2, -0.15) is 0 Å². The predicted molar refractivity (Wildman–Crippen MR) is 77.7 cm³/mol. The number of hydrogen-bond acceptors (Lipinski definition) is 2. The number of hydrogen-bond donors (Lipinski definition) is 2. The van der Waals surface area contributed by atoms with E-state index in [4.69, 9.17) is 22.7 Å². The quantitative estimate of drug-likeness (QED) is 0.651. The zero-order valence-electron chi connectivity index (χ0n) is 10.9. The van der Waals surface area contributed by atoms with Crippen molar-refractivity contribution in [2.45, 2.75) is 32.7 Å². The molecule has 4 heteroatoms. The molecular weight excluding hydrogens is 246 g/mol. The smallest absolute Gasteiger partial charge is 0.124 e. The van der Waals surface area contributed by atoms with E-state index in [0.717, 1.165) is 17.8 Å². The van der Waals surface area contributed by atoms with E-state index in [1.807, 2.05) is 12.1 Å². The molecule has 0 amide bonds. The van der Waals surface area contributed by atoms with Crippen molar-refractivity contribution in [1.82, 2.24) is 0 Å². The number of nitrogen functional groups attached to an aromatic ring is 1. The highest BCUT2D eigenvalue weighted by molar-refractivity contribution is 6.31. The average molecular weight is 266 g/mol. The molecule has 0 aliphatic carbocycles. The van der Waals surface area contributed by atoms with Gasteiger partial charge in [-0.15, -0.1) is 0 Å². The van der Waals surface area contributed by atoms with Gasteiger partial charge in [0, 0.05) is 28.9 Å². The highest BCUT2D eigenvalue weighted by Gasteiger charge is 2.28. The Morgan fingerprint density at radius 1 is 1.50 bits per heavy atom. The molecule has 1 unspecified atom stereocenters. The summed E-state index contributed by atoms with van der Waals surface area (Å²) in [6, 6.07) is 6.18. The highest BCUT2D eigenvalue weighted by atomic mass is 35.5. The van der Waals surface area contributed by atoms with Crippen LogP contribution in [-0.4, -0.2) is 18.4 Å². The molecular formula is C14H20ClN3. The van der Waals surface area contributed by atoms with Gasteiger partial charge in [0.25, 0.3) is 0 Å². The van der Waals surface area contributed by atoms with Gasteiger partial charge < -0.3 is 10.6 Å². The summed E-state index contributed by atoms with van der Waals surface area (Å²) in [5.41, 5.74) is 7.46. The molecule has 0 spiro atoms. The summed E-state index contributed by atoms with van der Waals surface area (Å²) in [5.74, 6) is 0.685. The van der Waals surface area contributed by atoms with Crippen LogP contribution in [-0.2, 0) is 0 Å². The number of rotatable bonds is 3. The molecule has 1 saturated heterocycles. The summed E-state index contributed by atoms with van der Waals surface area (Å²) in [5, 5.41) is 8.33. The molecule has 1 fully saturated rings. The summed E-state index contributed by atoms with van der Waals surface area (Å²) >= 11 is 6.00. The Bertz CT molecular complexity index is 456. The number of benzene rings is 1. The van der Waals surface area contributed by atoms with Gasteiger partial charge in [0.05, 0.1) is 0 Å². The lowest BCUT2D eigenvalue weighted by molar-refractivity contribution is 0.492. The molecule has 1 heterocycles. The van der Waals surface area contributed by atoms with E-state index in [-0.39, 0.29) is 5.84 Å². The Labute approximate surface area is 113 Å². The van der Waals surface area contributed by atoms with Crippen LogP contribution in [0.1, 0.15) is 32.3 Å². The Morgan fingerprint density at radius 2 is 2.22 bits per heavy atom. The van der Waals surface area contributed by atoms with Crippen LogP contribution < -0.4 is 10.6 Å². The fraction of sp³-hybridized carbons (Fsp3) is 0.500. The van der Waals surface area contributed by atoms with E-state index in [9.17, 15) is 0 Å². The van der Waals surface area contributed by atoms with Crippen molar-refractivity contribution in [3.8, 4) is 0 Å². The van der Waals surface area contributed by atoms with Crippen molar-refractivity contribution in [2.24, 2.45) is 11.7 Å². The fourth-order valence-electron chi connectivity index (χ4n) is 2.76. The van der Waals surface area contributed by atoms with Gasteiger partial charge in [0.2, 0.25) is 0 Å². The molecule has 3 N–H and O–H groups in total. The lowest BCUT2D eigenvalue weighted by Gasteiger charge is -2.31. The van der Waals surface area contributed by atoms with Gasteiger partial charge in [-0.25, -0.2) is 0 Å². The molecule has 18 heavy (non-hydrogen) atoms. The second kappa shape index (κ2) is 5.19. The first-order chi connectivity index (χ1) is 8.50. The fourth-order valence-corrected chi connectivity index (χ4v) is 2.93. The van der Waals surface area contributed by atoms with E-state index >= 15 is 0 Å². The molecule has 0 radical (unpaired) electrons. The standard InChI is InChI=1S/C14H20ClN3/c1-9(2)12-4-3-7-18(12)13-6-5-10(15)8-11(13)14(16)17/h5-6,8-9,12H,3-4,7H2,1-2H3,(H3,16,17). The van der Waals surface area contributed by atoms with Crippen LogP contribution in [0.2, 0.25) is 5.02 Å².